The molecule has 1 saturated heterocycles. The van der Waals surface area contributed by atoms with Crippen LogP contribution in [-0.2, 0) is 27.5 Å². The van der Waals surface area contributed by atoms with Gasteiger partial charge in [-0.2, -0.15) is 17.5 Å². The second-order valence-corrected chi connectivity index (χ2v) is 11.8. The van der Waals surface area contributed by atoms with E-state index >= 15 is 0 Å². The number of nitrogens with one attached hydrogen (secondary N) is 1. The van der Waals surface area contributed by atoms with Crippen LogP contribution in [0.15, 0.2) is 59.1 Å². The maximum Gasteiger partial charge on any atom is 0.419 e. The van der Waals surface area contributed by atoms with Crippen molar-refractivity contribution < 1.29 is 41.0 Å². The smallest absolute Gasteiger partial charge is 0.394 e. The number of aliphatic hydroxyl groups excluding tert-OH is 2. The number of carbonyl (C=O) groups excluding carboxylic acids is 1. The van der Waals surface area contributed by atoms with Crippen LogP contribution in [0.3, 0.4) is 0 Å². The third-order valence-electron chi connectivity index (χ3n) is 7.32. The van der Waals surface area contributed by atoms with E-state index in [1.165, 1.54) is 10.4 Å². The van der Waals surface area contributed by atoms with Gasteiger partial charge in [0.15, 0.2) is 0 Å². The van der Waals surface area contributed by atoms with Crippen LogP contribution in [-0.4, -0.2) is 70.6 Å². The second kappa shape index (κ2) is 10.7. The first-order valence-corrected chi connectivity index (χ1v) is 14.2. The van der Waals surface area contributed by atoms with Crippen LogP contribution in [0.25, 0.3) is 17.0 Å². The summed E-state index contributed by atoms with van der Waals surface area (Å²) in [6, 6.07) is 9.42. The Bertz CT molecular complexity index is 1660. The average Bonchev–Trinajstić information content (AvgIpc) is 3.48. The number of piperidine rings is 1. The quantitative estimate of drug-likeness (QED) is 0.363. The fourth-order valence-electron chi connectivity index (χ4n) is 5.07. The van der Waals surface area contributed by atoms with E-state index in [4.69, 9.17) is 5.11 Å². The number of amides is 1. The van der Waals surface area contributed by atoms with Crippen molar-refractivity contribution in [3.05, 3.63) is 76.6 Å². The molecule has 0 saturated carbocycles. The van der Waals surface area contributed by atoms with Crippen molar-refractivity contribution in [1.82, 2.24) is 14.2 Å². The number of benzene rings is 2. The molecule has 0 aliphatic carbocycles. The molecule has 2 aliphatic heterocycles. The Morgan fingerprint density at radius 3 is 2.56 bits per heavy atom. The van der Waals surface area contributed by atoms with Crippen molar-refractivity contribution in [2.45, 2.75) is 37.2 Å². The molecule has 1 unspecified atom stereocenters. The first-order valence-electron chi connectivity index (χ1n) is 12.7. The molecule has 1 fully saturated rings. The van der Waals surface area contributed by atoms with Crippen LogP contribution in [0, 0.1) is 5.82 Å². The average molecular weight is 595 g/mol. The van der Waals surface area contributed by atoms with E-state index in [0.29, 0.717) is 17.7 Å². The fraction of sp³-hybridized carbons (Fsp3) is 0.333. The van der Waals surface area contributed by atoms with Gasteiger partial charge in [0.25, 0.3) is 5.91 Å². The van der Waals surface area contributed by atoms with Gasteiger partial charge in [-0.05, 0) is 54.8 Å². The lowest BCUT2D eigenvalue weighted by Gasteiger charge is -2.34. The van der Waals surface area contributed by atoms with Crippen molar-refractivity contribution in [1.29, 1.82) is 0 Å². The zero-order valence-electron chi connectivity index (χ0n) is 21.5. The van der Waals surface area contributed by atoms with Crippen molar-refractivity contribution in [2.24, 2.45) is 4.99 Å². The number of aliphatic imine (C=N–C) groups is 1. The number of aromatic nitrogens is 1. The number of hydrogen-bond acceptors (Lipinski definition) is 6. The molecule has 3 aromatic rings. The number of carbonyl (C=O) groups is 1. The Labute approximate surface area is 232 Å². The van der Waals surface area contributed by atoms with Gasteiger partial charge in [0.2, 0.25) is 10.0 Å². The number of alkyl halides is 3. The Hall–Kier alpha value is -3.59. The van der Waals surface area contributed by atoms with Crippen LogP contribution in [0.2, 0.25) is 0 Å². The topological polar surface area (TPSA) is 124 Å². The van der Waals surface area contributed by atoms with E-state index in [1.54, 1.807) is 29.0 Å². The SMILES string of the molecule is O=C1NC(c2ccc(F)c(C(F)(F)F)c2)=NC12CCN(S(=O)(=O)C=Cc1cccc3c1ccn3CC(O)CO)CC2. The molecule has 1 aromatic heterocycles. The molecular formula is C27H26F4N4O5S. The molecule has 0 bridgehead atoms. The highest BCUT2D eigenvalue weighted by Crippen LogP contribution is 2.35. The van der Waals surface area contributed by atoms with E-state index < -0.39 is 51.7 Å². The van der Waals surface area contributed by atoms with E-state index in [1.807, 2.05) is 6.07 Å². The molecular weight excluding hydrogens is 568 g/mol. The fourth-order valence-corrected chi connectivity index (χ4v) is 6.26. The maximum absolute atomic E-state index is 13.7. The highest BCUT2D eigenvalue weighted by atomic mass is 32.2. The summed E-state index contributed by atoms with van der Waals surface area (Å²) in [5.41, 5.74) is -1.54. The summed E-state index contributed by atoms with van der Waals surface area (Å²) in [5.74, 6) is -2.12. The van der Waals surface area contributed by atoms with Crippen LogP contribution < -0.4 is 5.32 Å². The third kappa shape index (κ3) is 5.64. The van der Waals surface area contributed by atoms with Gasteiger partial charge in [-0.25, -0.2) is 12.8 Å². The van der Waals surface area contributed by atoms with Crippen LogP contribution in [0.4, 0.5) is 17.6 Å². The molecule has 41 heavy (non-hydrogen) atoms. The minimum absolute atomic E-state index is 0.00828. The molecule has 218 valence electrons. The number of hydrogen-bond donors (Lipinski definition) is 3. The van der Waals surface area contributed by atoms with Crippen LogP contribution in [0.1, 0.15) is 29.5 Å². The molecule has 1 atom stereocenters. The monoisotopic (exact) mass is 594 g/mol. The van der Waals surface area contributed by atoms with E-state index in [2.05, 4.69) is 10.3 Å². The number of fused-ring (bicyclic) bond motifs is 1. The van der Waals surface area contributed by atoms with Crippen molar-refractivity contribution in [3.63, 3.8) is 0 Å². The number of amidine groups is 1. The molecule has 9 nitrogen and oxygen atoms in total. The first kappa shape index (κ1) is 28.9. The summed E-state index contributed by atoms with van der Waals surface area (Å²) in [6.45, 7) is -0.320. The normalized spacial score (nSPS) is 18.8. The van der Waals surface area contributed by atoms with Gasteiger partial charge in [-0.1, -0.05) is 12.1 Å². The first-order chi connectivity index (χ1) is 19.3. The zero-order chi connectivity index (χ0) is 29.6. The molecule has 1 spiro atoms. The van der Waals surface area contributed by atoms with Gasteiger partial charge >= 0.3 is 6.18 Å². The minimum Gasteiger partial charge on any atom is -0.394 e. The van der Waals surface area contributed by atoms with Gasteiger partial charge in [0, 0.05) is 41.2 Å². The van der Waals surface area contributed by atoms with Gasteiger partial charge in [0.1, 0.15) is 17.2 Å². The lowest BCUT2D eigenvalue weighted by Crippen LogP contribution is -2.50. The predicted molar refractivity (Wildman–Crippen MR) is 143 cm³/mol. The lowest BCUT2D eigenvalue weighted by atomic mass is 9.89. The van der Waals surface area contributed by atoms with E-state index in [-0.39, 0.29) is 43.9 Å². The Morgan fingerprint density at radius 1 is 1.15 bits per heavy atom. The number of halogens is 4. The van der Waals surface area contributed by atoms with Crippen molar-refractivity contribution >= 4 is 38.7 Å². The summed E-state index contributed by atoms with van der Waals surface area (Å²) >= 11 is 0. The standard InChI is InChI=1S/C27H26F4N4O5S/c28-22-5-4-18(14-21(22)27(29,30)31)24-32-25(38)26(33-24)8-11-35(12-9-26)41(39,40)13-7-17-2-1-3-23-20(17)6-10-34(23)15-19(37)16-36/h1-7,10,13-14,19,36-37H,8-9,11-12,15-16H2,(H,32,33,38). The number of sulfonamides is 1. The number of rotatable bonds is 7. The molecule has 14 heteroatoms. The van der Waals surface area contributed by atoms with Crippen molar-refractivity contribution in [2.75, 3.05) is 19.7 Å². The molecule has 1 amide bonds. The molecule has 3 heterocycles. The zero-order valence-corrected chi connectivity index (χ0v) is 22.3. The van der Waals surface area contributed by atoms with Crippen LogP contribution >= 0.6 is 0 Å². The molecule has 0 radical (unpaired) electrons. The molecule has 5 rings (SSSR count). The summed E-state index contributed by atoms with van der Waals surface area (Å²) in [6.07, 6.45) is -2.66. The van der Waals surface area contributed by atoms with Gasteiger partial charge in [-0.15, -0.1) is 0 Å². The van der Waals surface area contributed by atoms with Crippen molar-refractivity contribution in [3.8, 4) is 0 Å². The van der Waals surface area contributed by atoms with Gasteiger partial charge in [0.05, 0.1) is 24.8 Å². The Balaban J connectivity index is 1.31. The summed E-state index contributed by atoms with van der Waals surface area (Å²) in [7, 11) is -3.90. The van der Waals surface area contributed by atoms with Gasteiger partial charge < -0.3 is 20.1 Å². The van der Waals surface area contributed by atoms with Gasteiger partial charge in [-0.3, -0.25) is 9.79 Å². The molecule has 3 N–H and O–H groups in total. The number of nitrogens with zero attached hydrogens (tertiary/aromatic N) is 3. The summed E-state index contributed by atoms with van der Waals surface area (Å²) in [4.78, 5) is 17.2. The molecule has 2 aromatic carbocycles. The Kier molecular flexibility index (Phi) is 7.53. The largest absolute Gasteiger partial charge is 0.419 e. The molecule has 2 aliphatic rings. The van der Waals surface area contributed by atoms with Crippen LogP contribution in [0.5, 0.6) is 0 Å². The Morgan fingerprint density at radius 2 is 1.88 bits per heavy atom. The second-order valence-electron chi connectivity index (χ2n) is 9.97. The maximum atomic E-state index is 13.7. The summed E-state index contributed by atoms with van der Waals surface area (Å²) < 4.78 is 82.3. The highest BCUT2D eigenvalue weighted by Gasteiger charge is 2.47. The van der Waals surface area contributed by atoms with E-state index in [9.17, 15) is 35.9 Å². The number of aliphatic hydroxyl groups is 2. The summed E-state index contributed by atoms with van der Waals surface area (Å²) in [5, 5.41) is 23.2. The van der Waals surface area contributed by atoms with E-state index in [0.717, 1.165) is 22.4 Å². The third-order valence-corrected chi connectivity index (χ3v) is 8.89. The predicted octanol–water partition coefficient (Wildman–Crippen LogP) is 2.86. The lowest BCUT2D eigenvalue weighted by molar-refractivity contribution is -0.140. The highest BCUT2D eigenvalue weighted by molar-refractivity contribution is 7.92. The minimum atomic E-state index is -4.92.